The van der Waals surface area contributed by atoms with E-state index in [0.717, 1.165) is 17.7 Å². The average molecular weight is 449 g/mol. The van der Waals surface area contributed by atoms with Crippen molar-refractivity contribution in [3.05, 3.63) is 71.3 Å². The van der Waals surface area contributed by atoms with Crippen LogP contribution in [0.3, 0.4) is 0 Å². The molecular weight excluding hydrogens is 423 g/mol. The van der Waals surface area contributed by atoms with Crippen LogP contribution in [0.2, 0.25) is 0 Å². The van der Waals surface area contributed by atoms with Crippen LogP contribution in [0.25, 0.3) is 0 Å². The number of nitrogens with one attached hydrogen (secondary N) is 1. The van der Waals surface area contributed by atoms with E-state index in [2.05, 4.69) is 5.32 Å². The molecule has 0 saturated carbocycles. The number of rotatable bonds is 6. The normalized spacial score (nSPS) is 15.8. The molecule has 3 rings (SSSR count). The Balaban J connectivity index is 1.43. The summed E-state index contributed by atoms with van der Waals surface area (Å²) in [5.41, 5.74) is 0.761. The predicted octanol–water partition coefficient (Wildman–Crippen LogP) is 3.66. The molecule has 1 N–H and O–H groups in total. The van der Waals surface area contributed by atoms with Gasteiger partial charge in [-0.05, 0) is 24.1 Å². The molecule has 1 heterocycles. The summed E-state index contributed by atoms with van der Waals surface area (Å²) in [6.45, 7) is 4.03. The number of halogens is 3. The second-order valence-corrected chi connectivity index (χ2v) is 7.73. The van der Waals surface area contributed by atoms with E-state index in [4.69, 9.17) is 4.74 Å². The lowest BCUT2D eigenvalue weighted by Crippen LogP contribution is -2.54. The van der Waals surface area contributed by atoms with Crippen LogP contribution in [0.5, 0.6) is 0 Å². The second kappa shape index (κ2) is 10.5. The molecule has 2 aromatic rings. The Morgan fingerprint density at radius 1 is 1.00 bits per heavy atom. The lowest BCUT2D eigenvalue weighted by atomic mass is 10.1. The van der Waals surface area contributed by atoms with Crippen molar-refractivity contribution in [3.63, 3.8) is 0 Å². The maximum Gasteiger partial charge on any atom is 0.416 e. The zero-order valence-corrected chi connectivity index (χ0v) is 17.8. The van der Waals surface area contributed by atoms with E-state index in [1.807, 2.05) is 35.2 Å². The molecule has 1 aliphatic heterocycles. The predicted molar refractivity (Wildman–Crippen MR) is 113 cm³/mol. The zero-order chi connectivity index (χ0) is 23.1. The molecule has 0 bridgehead atoms. The molecule has 0 radical (unpaired) electrons. The Morgan fingerprint density at radius 3 is 2.31 bits per heavy atom. The van der Waals surface area contributed by atoms with E-state index in [1.165, 1.54) is 6.07 Å². The van der Waals surface area contributed by atoms with Crippen molar-refractivity contribution in [2.45, 2.75) is 32.3 Å². The maximum atomic E-state index is 12.9. The molecule has 1 fully saturated rings. The number of amides is 2. The molecule has 2 aromatic carbocycles. The van der Waals surface area contributed by atoms with Crippen LogP contribution in [-0.4, -0.2) is 54.0 Å². The van der Waals surface area contributed by atoms with Gasteiger partial charge in [-0.15, -0.1) is 0 Å². The first-order chi connectivity index (χ1) is 15.2. The number of alkyl carbamates (subject to hydrolysis) is 1. The van der Waals surface area contributed by atoms with Crippen LogP contribution in [-0.2, 0) is 28.9 Å². The fraction of sp³-hybridized carbons (Fsp3) is 0.391. The molecule has 6 nitrogen and oxygen atoms in total. The minimum atomic E-state index is -4.37. The van der Waals surface area contributed by atoms with Gasteiger partial charge in [-0.1, -0.05) is 48.5 Å². The fourth-order valence-corrected chi connectivity index (χ4v) is 3.51. The summed E-state index contributed by atoms with van der Waals surface area (Å²) in [5, 5.41) is 2.55. The van der Waals surface area contributed by atoms with E-state index >= 15 is 0 Å². The number of benzene rings is 2. The van der Waals surface area contributed by atoms with Crippen molar-refractivity contribution < 1.29 is 27.5 Å². The Bertz CT molecular complexity index is 913. The smallest absolute Gasteiger partial charge is 0.416 e. The minimum absolute atomic E-state index is 0.113. The summed E-state index contributed by atoms with van der Waals surface area (Å²) >= 11 is 0. The number of hydrogen-bond acceptors (Lipinski definition) is 4. The van der Waals surface area contributed by atoms with Gasteiger partial charge in [0.25, 0.3) is 0 Å². The van der Waals surface area contributed by atoms with Crippen molar-refractivity contribution >= 4 is 12.0 Å². The highest BCUT2D eigenvalue weighted by atomic mass is 19.4. The van der Waals surface area contributed by atoms with Crippen LogP contribution < -0.4 is 5.32 Å². The standard InChI is InChI=1S/C23H26F3N3O3/c1-17(27-22(31)32-16-18-6-3-2-4-7-18)21(30)29-12-10-28(11-13-29)15-19-8-5-9-20(14-19)23(24,25)26/h2-9,14,17H,10-13,15-16H2,1H3,(H,27,31). The Labute approximate surface area is 184 Å². The number of ether oxygens (including phenoxy) is 1. The first-order valence-electron chi connectivity index (χ1n) is 10.4. The number of carbonyl (C=O) groups excluding carboxylic acids is 2. The largest absolute Gasteiger partial charge is 0.445 e. The average Bonchev–Trinajstić information content (AvgIpc) is 2.78. The Morgan fingerprint density at radius 2 is 1.66 bits per heavy atom. The second-order valence-electron chi connectivity index (χ2n) is 7.73. The van der Waals surface area contributed by atoms with Gasteiger partial charge in [-0.25, -0.2) is 4.79 Å². The van der Waals surface area contributed by atoms with Gasteiger partial charge in [0.15, 0.2) is 0 Å². The monoisotopic (exact) mass is 449 g/mol. The lowest BCUT2D eigenvalue weighted by molar-refractivity contribution is -0.138. The molecule has 0 aromatic heterocycles. The highest BCUT2D eigenvalue weighted by Crippen LogP contribution is 2.29. The summed E-state index contributed by atoms with van der Waals surface area (Å²) in [6.07, 6.45) is -5.04. The van der Waals surface area contributed by atoms with E-state index in [1.54, 1.807) is 17.9 Å². The summed E-state index contributed by atoms with van der Waals surface area (Å²) in [7, 11) is 0. The zero-order valence-electron chi connectivity index (χ0n) is 17.8. The van der Waals surface area contributed by atoms with Crippen LogP contribution >= 0.6 is 0 Å². The SMILES string of the molecule is CC(NC(=O)OCc1ccccc1)C(=O)N1CCN(Cc2cccc(C(F)(F)F)c2)CC1. The van der Waals surface area contributed by atoms with Gasteiger partial charge >= 0.3 is 12.3 Å². The molecule has 0 aliphatic carbocycles. The fourth-order valence-electron chi connectivity index (χ4n) is 3.51. The number of nitrogens with zero attached hydrogens (tertiary/aromatic N) is 2. The third-order valence-electron chi connectivity index (χ3n) is 5.26. The molecule has 2 amide bonds. The molecule has 9 heteroatoms. The molecule has 1 aliphatic rings. The van der Waals surface area contributed by atoms with Crippen LogP contribution in [0.15, 0.2) is 54.6 Å². The summed E-state index contributed by atoms with van der Waals surface area (Å²) in [6, 6.07) is 13.8. The molecule has 1 saturated heterocycles. The number of alkyl halides is 3. The molecule has 32 heavy (non-hydrogen) atoms. The highest BCUT2D eigenvalue weighted by molar-refractivity contribution is 5.85. The van der Waals surface area contributed by atoms with Gasteiger partial charge in [0.2, 0.25) is 5.91 Å². The minimum Gasteiger partial charge on any atom is -0.445 e. The molecule has 1 unspecified atom stereocenters. The van der Waals surface area contributed by atoms with Crippen LogP contribution in [0.1, 0.15) is 23.6 Å². The first-order valence-corrected chi connectivity index (χ1v) is 10.4. The third-order valence-corrected chi connectivity index (χ3v) is 5.26. The third kappa shape index (κ3) is 6.71. The van der Waals surface area contributed by atoms with Crippen LogP contribution in [0.4, 0.5) is 18.0 Å². The molecule has 172 valence electrons. The topological polar surface area (TPSA) is 61.9 Å². The van der Waals surface area contributed by atoms with Gasteiger partial charge in [0.1, 0.15) is 12.6 Å². The number of carbonyl (C=O) groups is 2. The first kappa shape index (κ1) is 23.6. The number of piperazine rings is 1. The van der Waals surface area contributed by atoms with Crippen molar-refractivity contribution in [1.82, 2.24) is 15.1 Å². The molecular formula is C23H26F3N3O3. The van der Waals surface area contributed by atoms with Gasteiger partial charge in [0, 0.05) is 32.7 Å². The van der Waals surface area contributed by atoms with Gasteiger partial charge in [-0.3, -0.25) is 9.69 Å². The quantitative estimate of drug-likeness (QED) is 0.731. The van der Waals surface area contributed by atoms with Gasteiger partial charge in [-0.2, -0.15) is 13.2 Å². The summed E-state index contributed by atoms with van der Waals surface area (Å²) < 4.78 is 43.8. The van der Waals surface area contributed by atoms with E-state index in [9.17, 15) is 22.8 Å². The number of hydrogen-bond donors (Lipinski definition) is 1. The van der Waals surface area contributed by atoms with E-state index < -0.39 is 23.9 Å². The maximum absolute atomic E-state index is 12.9. The van der Waals surface area contributed by atoms with Crippen molar-refractivity contribution in [1.29, 1.82) is 0 Å². The summed E-state index contributed by atoms with van der Waals surface area (Å²) in [4.78, 5) is 28.3. The van der Waals surface area contributed by atoms with E-state index in [-0.39, 0.29) is 12.5 Å². The lowest BCUT2D eigenvalue weighted by Gasteiger charge is -2.36. The summed E-state index contributed by atoms with van der Waals surface area (Å²) in [5.74, 6) is -0.222. The molecule has 1 atom stereocenters. The van der Waals surface area contributed by atoms with Gasteiger partial charge in [0.05, 0.1) is 5.56 Å². The highest BCUT2D eigenvalue weighted by Gasteiger charge is 2.31. The molecule has 0 spiro atoms. The van der Waals surface area contributed by atoms with Gasteiger partial charge < -0.3 is 15.0 Å². The van der Waals surface area contributed by atoms with Crippen molar-refractivity contribution in [2.75, 3.05) is 26.2 Å². The Kier molecular flexibility index (Phi) is 7.74. The Hall–Kier alpha value is -3.07. The van der Waals surface area contributed by atoms with E-state index in [0.29, 0.717) is 38.3 Å². The van der Waals surface area contributed by atoms with Crippen molar-refractivity contribution in [3.8, 4) is 0 Å². The van der Waals surface area contributed by atoms with Crippen LogP contribution in [0, 0.1) is 0 Å². The van der Waals surface area contributed by atoms with Crippen molar-refractivity contribution in [2.24, 2.45) is 0 Å².